The standard InChI is InChI=1S/C15H17ClN4/c16-11-6-2-5-10(8-11)13-12(7-9-3-1-4-9)19-15(18)20-14(13)17/h2,5-6,8-9H,1,3-4,7H2,(H4,17,18,19,20). The highest BCUT2D eigenvalue weighted by Crippen LogP contribution is 2.35. The van der Waals surface area contributed by atoms with Crippen LogP contribution in [0, 0.1) is 5.92 Å². The molecule has 1 saturated carbocycles. The van der Waals surface area contributed by atoms with Gasteiger partial charge in [0.2, 0.25) is 5.95 Å². The quantitative estimate of drug-likeness (QED) is 0.908. The lowest BCUT2D eigenvalue weighted by molar-refractivity contribution is 0.312. The van der Waals surface area contributed by atoms with Gasteiger partial charge in [-0.3, -0.25) is 0 Å². The molecular formula is C15H17ClN4. The Morgan fingerprint density at radius 3 is 2.65 bits per heavy atom. The number of nitrogens with zero attached hydrogens (tertiary/aromatic N) is 2. The fourth-order valence-corrected chi connectivity index (χ4v) is 2.81. The van der Waals surface area contributed by atoms with E-state index in [1.165, 1.54) is 19.3 Å². The predicted octanol–water partition coefficient (Wildman–Crippen LogP) is 3.30. The van der Waals surface area contributed by atoms with Gasteiger partial charge in [-0.25, -0.2) is 4.98 Å². The molecular weight excluding hydrogens is 272 g/mol. The zero-order valence-electron chi connectivity index (χ0n) is 11.1. The smallest absolute Gasteiger partial charge is 0.222 e. The number of benzene rings is 1. The topological polar surface area (TPSA) is 77.8 Å². The monoisotopic (exact) mass is 288 g/mol. The first-order valence-corrected chi connectivity index (χ1v) is 7.19. The van der Waals surface area contributed by atoms with Crippen LogP contribution in [0.3, 0.4) is 0 Å². The van der Waals surface area contributed by atoms with Gasteiger partial charge < -0.3 is 11.5 Å². The number of nitrogens with two attached hydrogens (primary N) is 2. The molecule has 5 heteroatoms. The minimum Gasteiger partial charge on any atom is -0.383 e. The van der Waals surface area contributed by atoms with E-state index >= 15 is 0 Å². The molecule has 0 aliphatic heterocycles. The largest absolute Gasteiger partial charge is 0.383 e. The maximum atomic E-state index is 6.07. The molecule has 0 amide bonds. The zero-order valence-corrected chi connectivity index (χ0v) is 11.9. The molecule has 1 aliphatic rings. The lowest BCUT2D eigenvalue weighted by atomic mass is 9.81. The number of hydrogen-bond acceptors (Lipinski definition) is 4. The summed E-state index contributed by atoms with van der Waals surface area (Å²) in [7, 11) is 0. The van der Waals surface area contributed by atoms with Crippen LogP contribution in [0.15, 0.2) is 24.3 Å². The average molecular weight is 289 g/mol. The summed E-state index contributed by atoms with van der Waals surface area (Å²) >= 11 is 6.07. The van der Waals surface area contributed by atoms with Crippen LogP contribution in [-0.4, -0.2) is 9.97 Å². The second-order valence-corrected chi connectivity index (χ2v) is 5.74. The third-order valence-electron chi connectivity index (χ3n) is 3.85. The third kappa shape index (κ3) is 2.56. The van der Waals surface area contributed by atoms with Gasteiger partial charge in [0, 0.05) is 10.6 Å². The number of rotatable bonds is 3. The second kappa shape index (κ2) is 5.29. The normalized spacial score (nSPS) is 15.1. The summed E-state index contributed by atoms with van der Waals surface area (Å²) in [6.07, 6.45) is 4.70. The Morgan fingerprint density at radius 1 is 1.20 bits per heavy atom. The summed E-state index contributed by atoms with van der Waals surface area (Å²) in [6.45, 7) is 0. The molecule has 1 aromatic carbocycles. The molecule has 1 fully saturated rings. The molecule has 1 aliphatic carbocycles. The summed E-state index contributed by atoms with van der Waals surface area (Å²) in [4.78, 5) is 8.50. The van der Waals surface area contributed by atoms with Crippen LogP contribution < -0.4 is 11.5 Å². The van der Waals surface area contributed by atoms with Gasteiger partial charge in [0.15, 0.2) is 0 Å². The van der Waals surface area contributed by atoms with Gasteiger partial charge in [-0.1, -0.05) is 43.0 Å². The van der Waals surface area contributed by atoms with E-state index in [2.05, 4.69) is 9.97 Å². The van der Waals surface area contributed by atoms with E-state index in [9.17, 15) is 0 Å². The van der Waals surface area contributed by atoms with Crippen molar-refractivity contribution >= 4 is 23.4 Å². The molecule has 3 rings (SSSR count). The second-order valence-electron chi connectivity index (χ2n) is 5.30. The molecule has 0 unspecified atom stereocenters. The van der Waals surface area contributed by atoms with Gasteiger partial charge in [0.25, 0.3) is 0 Å². The van der Waals surface area contributed by atoms with E-state index in [-0.39, 0.29) is 5.95 Å². The Morgan fingerprint density at radius 2 is 2.00 bits per heavy atom. The van der Waals surface area contributed by atoms with E-state index in [1.54, 1.807) is 0 Å². The van der Waals surface area contributed by atoms with Crippen LogP contribution in [0.2, 0.25) is 5.02 Å². The SMILES string of the molecule is Nc1nc(N)c(-c2cccc(Cl)c2)c(CC2CCC2)n1. The van der Waals surface area contributed by atoms with E-state index in [0.29, 0.717) is 16.8 Å². The Balaban J connectivity index is 2.07. The maximum absolute atomic E-state index is 6.07. The van der Waals surface area contributed by atoms with Crippen molar-refractivity contribution in [1.82, 2.24) is 9.97 Å². The Labute approximate surface area is 123 Å². The summed E-state index contributed by atoms with van der Waals surface area (Å²) in [5, 5.41) is 0.674. The molecule has 4 N–H and O–H groups in total. The third-order valence-corrected chi connectivity index (χ3v) is 4.08. The minimum absolute atomic E-state index is 0.239. The first kappa shape index (κ1) is 13.2. The van der Waals surface area contributed by atoms with Crippen molar-refractivity contribution in [3.05, 3.63) is 35.0 Å². The number of halogens is 1. The predicted molar refractivity (Wildman–Crippen MR) is 82.3 cm³/mol. The molecule has 0 bridgehead atoms. The molecule has 4 nitrogen and oxygen atoms in total. The molecule has 0 atom stereocenters. The van der Waals surface area contributed by atoms with Crippen molar-refractivity contribution < 1.29 is 0 Å². The van der Waals surface area contributed by atoms with Crippen LogP contribution in [0.4, 0.5) is 11.8 Å². The highest BCUT2D eigenvalue weighted by molar-refractivity contribution is 6.30. The van der Waals surface area contributed by atoms with Crippen molar-refractivity contribution in [2.24, 2.45) is 5.92 Å². The molecule has 20 heavy (non-hydrogen) atoms. The Kier molecular flexibility index (Phi) is 3.49. The summed E-state index contributed by atoms with van der Waals surface area (Å²) in [6, 6.07) is 7.60. The van der Waals surface area contributed by atoms with Crippen LogP contribution in [0.25, 0.3) is 11.1 Å². The first-order chi connectivity index (χ1) is 9.63. The summed E-state index contributed by atoms with van der Waals surface area (Å²) < 4.78 is 0. The molecule has 1 heterocycles. The van der Waals surface area contributed by atoms with Gasteiger partial charge in [0.05, 0.1) is 5.69 Å². The lowest BCUT2D eigenvalue weighted by Crippen LogP contribution is -2.17. The van der Waals surface area contributed by atoms with Crippen molar-refractivity contribution in [1.29, 1.82) is 0 Å². The van der Waals surface area contributed by atoms with Crippen molar-refractivity contribution in [3.63, 3.8) is 0 Å². The van der Waals surface area contributed by atoms with Crippen molar-refractivity contribution in [2.45, 2.75) is 25.7 Å². The number of aromatic nitrogens is 2. The summed E-state index contributed by atoms with van der Waals surface area (Å²) in [5.41, 5.74) is 14.6. The highest BCUT2D eigenvalue weighted by atomic mass is 35.5. The van der Waals surface area contributed by atoms with Gasteiger partial charge in [-0.05, 0) is 30.0 Å². The van der Waals surface area contributed by atoms with Crippen molar-refractivity contribution in [2.75, 3.05) is 11.5 Å². The molecule has 0 radical (unpaired) electrons. The van der Waals surface area contributed by atoms with Crippen LogP contribution in [-0.2, 0) is 6.42 Å². The highest BCUT2D eigenvalue weighted by Gasteiger charge is 2.22. The lowest BCUT2D eigenvalue weighted by Gasteiger charge is -2.26. The molecule has 0 saturated heterocycles. The fraction of sp³-hybridized carbons (Fsp3) is 0.333. The average Bonchev–Trinajstić information content (AvgIpc) is 2.33. The Bertz CT molecular complexity index is 638. The molecule has 104 valence electrons. The number of nitrogen functional groups attached to an aromatic ring is 2. The van der Waals surface area contributed by atoms with Crippen LogP contribution >= 0.6 is 11.6 Å². The maximum Gasteiger partial charge on any atom is 0.222 e. The van der Waals surface area contributed by atoms with Gasteiger partial charge in [0.1, 0.15) is 5.82 Å². The Hall–Kier alpha value is -1.81. The van der Waals surface area contributed by atoms with Gasteiger partial charge >= 0.3 is 0 Å². The number of anilines is 2. The molecule has 2 aromatic rings. The van der Waals surface area contributed by atoms with Gasteiger partial charge in [-0.2, -0.15) is 4.98 Å². The van der Waals surface area contributed by atoms with E-state index < -0.39 is 0 Å². The minimum atomic E-state index is 0.239. The van der Waals surface area contributed by atoms with Crippen molar-refractivity contribution in [3.8, 4) is 11.1 Å². The molecule has 0 spiro atoms. The summed E-state index contributed by atoms with van der Waals surface area (Å²) in [5.74, 6) is 1.35. The fourth-order valence-electron chi connectivity index (χ4n) is 2.62. The van der Waals surface area contributed by atoms with Gasteiger partial charge in [-0.15, -0.1) is 0 Å². The van der Waals surface area contributed by atoms with Crippen LogP contribution in [0.1, 0.15) is 25.0 Å². The van der Waals surface area contributed by atoms with E-state index in [0.717, 1.165) is 23.2 Å². The van der Waals surface area contributed by atoms with Crippen LogP contribution in [0.5, 0.6) is 0 Å². The van der Waals surface area contributed by atoms with E-state index in [4.69, 9.17) is 23.1 Å². The first-order valence-electron chi connectivity index (χ1n) is 6.81. The zero-order chi connectivity index (χ0) is 14.1. The van der Waals surface area contributed by atoms with E-state index in [1.807, 2.05) is 24.3 Å². The number of hydrogen-bond donors (Lipinski definition) is 2. The molecule has 1 aromatic heterocycles.